The van der Waals surface area contributed by atoms with E-state index in [1.54, 1.807) is 0 Å². The molecule has 0 radical (unpaired) electrons. The molecule has 0 saturated carbocycles. The third kappa shape index (κ3) is 3.56. The minimum absolute atomic E-state index is 0.916. The van der Waals surface area contributed by atoms with Crippen molar-refractivity contribution in [2.45, 2.75) is 47.0 Å². The van der Waals surface area contributed by atoms with Crippen LogP contribution in [-0.4, -0.2) is 23.1 Å². The molecule has 0 bridgehead atoms. The Balaban J connectivity index is 2.65. The lowest BCUT2D eigenvalue weighted by atomic mass is 10.1. The van der Waals surface area contributed by atoms with E-state index in [0.29, 0.717) is 0 Å². The summed E-state index contributed by atoms with van der Waals surface area (Å²) in [5.41, 5.74) is 3.64. The first-order chi connectivity index (χ1) is 7.69. The van der Waals surface area contributed by atoms with E-state index in [9.17, 15) is 0 Å². The van der Waals surface area contributed by atoms with Gasteiger partial charge in [0.1, 0.15) is 5.82 Å². The molecule has 3 nitrogen and oxygen atoms in total. The van der Waals surface area contributed by atoms with E-state index in [2.05, 4.69) is 43.0 Å². The normalized spacial score (nSPS) is 10.8. The summed E-state index contributed by atoms with van der Waals surface area (Å²) in [4.78, 5) is 9.04. The van der Waals surface area contributed by atoms with Crippen LogP contribution in [0.5, 0.6) is 0 Å². The number of aromatic nitrogens is 2. The summed E-state index contributed by atoms with van der Waals surface area (Å²) in [6.45, 7) is 10.5. The van der Waals surface area contributed by atoms with Crippen LogP contribution in [0.2, 0.25) is 0 Å². The van der Waals surface area contributed by atoms with E-state index in [1.165, 1.54) is 5.56 Å². The molecule has 0 aromatic carbocycles. The van der Waals surface area contributed by atoms with Gasteiger partial charge in [0.15, 0.2) is 0 Å². The molecule has 1 aromatic rings. The maximum absolute atomic E-state index is 4.52. The predicted molar refractivity (Wildman–Crippen MR) is 67.7 cm³/mol. The molecule has 0 spiro atoms. The molecule has 1 heterocycles. The molecule has 1 rings (SSSR count). The van der Waals surface area contributed by atoms with Crippen molar-refractivity contribution in [2.24, 2.45) is 0 Å². The van der Waals surface area contributed by atoms with Gasteiger partial charge >= 0.3 is 0 Å². The molecule has 1 aromatic heterocycles. The summed E-state index contributed by atoms with van der Waals surface area (Å²) in [6.07, 6.45) is 3.15. The molecule has 0 fully saturated rings. The lowest BCUT2D eigenvalue weighted by Crippen LogP contribution is -2.15. The Hall–Kier alpha value is -0.960. The summed E-state index contributed by atoms with van der Waals surface area (Å²) >= 11 is 0. The molecule has 0 aliphatic heterocycles. The van der Waals surface area contributed by atoms with Crippen molar-refractivity contribution in [3.8, 4) is 0 Å². The van der Waals surface area contributed by atoms with Gasteiger partial charge in [-0.25, -0.2) is 9.97 Å². The average Bonchev–Trinajstić information content (AvgIpc) is 2.26. The Morgan fingerprint density at radius 2 is 1.69 bits per heavy atom. The Bertz CT molecular complexity index is 311. The van der Waals surface area contributed by atoms with Crippen LogP contribution in [-0.2, 0) is 12.8 Å². The first-order valence-electron chi connectivity index (χ1n) is 6.22. The van der Waals surface area contributed by atoms with E-state index >= 15 is 0 Å². The van der Waals surface area contributed by atoms with Gasteiger partial charge in [-0.2, -0.15) is 0 Å². The summed E-state index contributed by atoms with van der Waals surface area (Å²) in [5, 5.41) is 3.34. The molecule has 0 aliphatic carbocycles. The van der Waals surface area contributed by atoms with Crippen LogP contribution >= 0.6 is 0 Å². The van der Waals surface area contributed by atoms with E-state index < -0.39 is 0 Å². The average molecular weight is 221 g/mol. The molecule has 90 valence electrons. The van der Waals surface area contributed by atoms with Gasteiger partial charge in [-0.15, -0.1) is 0 Å². The second-order valence-electron chi connectivity index (χ2n) is 4.10. The van der Waals surface area contributed by atoms with Crippen LogP contribution < -0.4 is 5.32 Å². The van der Waals surface area contributed by atoms with Crippen LogP contribution in [0.25, 0.3) is 0 Å². The fraction of sp³-hybridized carbons (Fsp3) is 0.692. The van der Waals surface area contributed by atoms with Gasteiger partial charge in [-0.1, -0.05) is 13.8 Å². The van der Waals surface area contributed by atoms with Gasteiger partial charge in [0.25, 0.3) is 0 Å². The van der Waals surface area contributed by atoms with E-state index in [-0.39, 0.29) is 0 Å². The zero-order valence-corrected chi connectivity index (χ0v) is 10.9. The standard InChI is InChI=1S/C13H23N3/c1-5-13-15-10(3)12(11(4)16-13)8-7-9-14-6-2/h14H,5-9H2,1-4H3. The van der Waals surface area contributed by atoms with Gasteiger partial charge in [0, 0.05) is 17.8 Å². The fourth-order valence-corrected chi connectivity index (χ4v) is 1.90. The van der Waals surface area contributed by atoms with Gasteiger partial charge in [-0.3, -0.25) is 0 Å². The second-order valence-corrected chi connectivity index (χ2v) is 4.10. The zero-order valence-electron chi connectivity index (χ0n) is 10.9. The second kappa shape index (κ2) is 6.59. The van der Waals surface area contributed by atoms with Crippen molar-refractivity contribution < 1.29 is 0 Å². The Morgan fingerprint density at radius 1 is 1.06 bits per heavy atom. The Labute approximate surface area is 98.7 Å². The smallest absolute Gasteiger partial charge is 0.128 e. The molecular formula is C13H23N3. The minimum atomic E-state index is 0.916. The lowest BCUT2D eigenvalue weighted by molar-refractivity contribution is 0.666. The number of aryl methyl sites for hydroxylation is 3. The van der Waals surface area contributed by atoms with Crippen LogP contribution in [0.4, 0.5) is 0 Å². The largest absolute Gasteiger partial charge is 0.317 e. The van der Waals surface area contributed by atoms with Gasteiger partial charge in [-0.05, 0) is 45.3 Å². The number of nitrogens with one attached hydrogen (secondary N) is 1. The van der Waals surface area contributed by atoms with E-state index in [4.69, 9.17) is 0 Å². The van der Waals surface area contributed by atoms with Crippen molar-refractivity contribution in [3.05, 3.63) is 22.8 Å². The van der Waals surface area contributed by atoms with Crippen molar-refractivity contribution in [1.29, 1.82) is 0 Å². The molecule has 0 atom stereocenters. The van der Waals surface area contributed by atoms with Crippen LogP contribution in [0.3, 0.4) is 0 Å². The van der Waals surface area contributed by atoms with Crippen molar-refractivity contribution in [3.63, 3.8) is 0 Å². The maximum atomic E-state index is 4.52. The summed E-state index contributed by atoms with van der Waals surface area (Å²) in [5.74, 6) is 0.963. The Morgan fingerprint density at radius 3 is 2.19 bits per heavy atom. The van der Waals surface area contributed by atoms with E-state index in [1.807, 2.05) is 0 Å². The monoisotopic (exact) mass is 221 g/mol. The molecule has 16 heavy (non-hydrogen) atoms. The van der Waals surface area contributed by atoms with Gasteiger partial charge < -0.3 is 5.32 Å². The first kappa shape index (κ1) is 13.1. The molecule has 0 aliphatic rings. The van der Waals surface area contributed by atoms with Gasteiger partial charge in [0.2, 0.25) is 0 Å². The third-order valence-electron chi connectivity index (χ3n) is 2.81. The number of hydrogen-bond acceptors (Lipinski definition) is 3. The van der Waals surface area contributed by atoms with E-state index in [0.717, 1.165) is 49.6 Å². The molecule has 1 N–H and O–H groups in total. The number of rotatable bonds is 6. The fourth-order valence-electron chi connectivity index (χ4n) is 1.90. The van der Waals surface area contributed by atoms with Crippen molar-refractivity contribution in [2.75, 3.05) is 13.1 Å². The van der Waals surface area contributed by atoms with Crippen molar-refractivity contribution in [1.82, 2.24) is 15.3 Å². The molecule has 0 unspecified atom stereocenters. The molecule has 3 heteroatoms. The molecular weight excluding hydrogens is 198 g/mol. The number of hydrogen-bond donors (Lipinski definition) is 1. The quantitative estimate of drug-likeness (QED) is 0.748. The summed E-state index contributed by atoms with van der Waals surface area (Å²) in [7, 11) is 0. The third-order valence-corrected chi connectivity index (χ3v) is 2.81. The highest BCUT2D eigenvalue weighted by atomic mass is 14.9. The predicted octanol–water partition coefficient (Wildman–Crippen LogP) is 2.20. The lowest BCUT2D eigenvalue weighted by Gasteiger charge is -2.10. The van der Waals surface area contributed by atoms with Crippen LogP contribution in [0.1, 0.15) is 43.0 Å². The summed E-state index contributed by atoms with van der Waals surface area (Å²) < 4.78 is 0. The zero-order chi connectivity index (χ0) is 12.0. The minimum Gasteiger partial charge on any atom is -0.317 e. The highest BCUT2D eigenvalue weighted by Crippen LogP contribution is 2.12. The Kier molecular flexibility index (Phi) is 5.39. The first-order valence-corrected chi connectivity index (χ1v) is 6.22. The van der Waals surface area contributed by atoms with Gasteiger partial charge in [0.05, 0.1) is 0 Å². The summed E-state index contributed by atoms with van der Waals surface area (Å²) in [6, 6.07) is 0. The van der Waals surface area contributed by atoms with Crippen molar-refractivity contribution >= 4 is 0 Å². The van der Waals surface area contributed by atoms with Crippen LogP contribution in [0.15, 0.2) is 0 Å². The highest BCUT2D eigenvalue weighted by Gasteiger charge is 2.06. The van der Waals surface area contributed by atoms with Crippen LogP contribution in [0, 0.1) is 13.8 Å². The maximum Gasteiger partial charge on any atom is 0.128 e. The highest BCUT2D eigenvalue weighted by molar-refractivity contribution is 5.24. The SMILES string of the molecule is CCNCCCc1c(C)nc(CC)nc1C. The molecule has 0 saturated heterocycles. The molecule has 0 amide bonds. The topological polar surface area (TPSA) is 37.8 Å². The number of nitrogens with zero attached hydrogens (tertiary/aromatic N) is 2.